The van der Waals surface area contributed by atoms with Crippen LogP contribution in [-0.2, 0) is 11.2 Å². The summed E-state index contributed by atoms with van der Waals surface area (Å²) in [6, 6.07) is 11.5. The quantitative estimate of drug-likeness (QED) is 0.886. The SMILES string of the molecule is CCOc1ccc(CC(=O)Nc2ccc(N3CCCC3)cn2)cc1. The molecule has 5 nitrogen and oxygen atoms in total. The Morgan fingerprint density at radius 3 is 2.54 bits per heavy atom. The van der Waals surface area contributed by atoms with Crippen LogP contribution < -0.4 is 15.0 Å². The number of rotatable bonds is 6. The number of benzene rings is 1. The molecule has 1 aromatic heterocycles. The first-order valence-corrected chi connectivity index (χ1v) is 8.47. The highest BCUT2D eigenvalue weighted by Crippen LogP contribution is 2.20. The molecule has 1 N–H and O–H groups in total. The molecule has 1 aliphatic heterocycles. The van der Waals surface area contributed by atoms with Gasteiger partial charge in [-0.15, -0.1) is 0 Å². The maximum absolute atomic E-state index is 12.1. The highest BCUT2D eigenvalue weighted by Gasteiger charge is 2.12. The number of hydrogen-bond donors (Lipinski definition) is 1. The standard InChI is InChI=1S/C19H23N3O2/c1-2-24-17-8-5-15(6-9-17)13-19(23)21-18-10-7-16(14-20-18)22-11-3-4-12-22/h5-10,14H,2-4,11-13H2,1H3,(H,20,21,23). The van der Waals surface area contributed by atoms with E-state index in [9.17, 15) is 4.79 Å². The topological polar surface area (TPSA) is 54.5 Å². The molecule has 126 valence electrons. The third-order valence-electron chi connectivity index (χ3n) is 4.09. The van der Waals surface area contributed by atoms with Crippen molar-refractivity contribution in [2.75, 3.05) is 29.9 Å². The van der Waals surface area contributed by atoms with Crippen molar-refractivity contribution in [1.29, 1.82) is 0 Å². The Hall–Kier alpha value is -2.56. The highest BCUT2D eigenvalue weighted by atomic mass is 16.5. The summed E-state index contributed by atoms with van der Waals surface area (Å²) >= 11 is 0. The summed E-state index contributed by atoms with van der Waals surface area (Å²) in [6.07, 6.45) is 4.63. The van der Waals surface area contributed by atoms with E-state index < -0.39 is 0 Å². The maximum Gasteiger partial charge on any atom is 0.229 e. The van der Waals surface area contributed by atoms with Crippen LogP contribution in [0.15, 0.2) is 42.6 Å². The van der Waals surface area contributed by atoms with Crippen molar-refractivity contribution in [2.24, 2.45) is 0 Å². The van der Waals surface area contributed by atoms with Crippen LogP contribution in [0.3, 0.4) is 0 Å². The van der Waals surface area contributed by atoms with Gasteiger partial charge >= 0.3 is 0 Å². The fraction of sp³-hybridized carbons (Fsp3) is 0.368. The van der Waals surface area contributed by atoms with Gasteiger partial charge in [0, 0.05) is 13.1 Å². The fourth-order valence-electron chi connectivity index (χ4n) is 2.87. The van der Waals surface area contributed by atoms with E-state index in [-0.39, 0.29) is 5.91 Å². The van der Waals surface area contributed by atoms with Crippen LogP contribution in [-0.4, -0.2) is 30.6 Å². The van der Waals surface area contributed by atoms with Crippen molar-refractivity contribution in [3.05, 3.63) is 48.2 Å². The number of pyridine rings is 1. The lowest BCUT2D eigenvalue weighted by Gasteiger charge is -2.17. The molecule has 0 spiro atoms. The van der Waals surface area contributed by atoms with Gasteiger partial charge in [-0.2, -0.15) is 0 Å². The Labute approximate surface area is 142 Å². The smallest absolute Gasteiger partial charge is 0.229 e. The number of carbonyl (C=O) groups is 1. The average Bonchev–Trinajstić information content (AvgIpc) is 3.12. The van der Waals surface area contributed by atoms with E-state index in [0.29, 0.717) is 18.8 Å². The van der Waals surface area contributed by atoms with Crippen molar-refractivity contribution < 1.29 is 9.53 Å². The summed E-state index contributed by atoms with van der Waals surface area (Å²) in [4.78, 5) is 18.8. The van der Waals surface area contributed by atoms with E-state index in [1.807, 2.05) is 49.5 Å². The molecule has 1 aliphatic rings. The van der Waals surface area contributed by atoms with E-state index in [1.54, 1.807) is 0 Å². The molecular weight excluding hydrogens is 302 g/mol. The number of nitrogens with zero attached hydrogens (tertiary/aromatic N) is 2. The third-order valence-corrected chi connectivity index (χ3v) is 4.09. The van der Waals surface area contributed by atoms with Crippen LogP contribution in [0.1, 0.15) is 25.3 Å². The third kappa shape index (κ3) is 4.25. The Bertz CT molecular complexity index is 662. The molecule has 1 aromatic carbocycles. The number of ether oxygens (including phenoxy) is 1. The number of carbonyl (C=O) groups excluding carboxylic acids is 1. The van der Waals surface area contributed by atoms with Gasteiger partial charge in [-0.1, -0.05) is 12.1 Å². The lowest BCUT2D eigenvalue weighted by molar-refractivity contribution is -0.115. The molecule has 0 saturated carbocycles. The van der Waals surface area contributed by atoms with E-state index in [4.69, 9.17) is 4.74 Å². The first-order valence-electron chi connectivity index (χ1n) is 8.47. The van der Waals surface area contributed by atoms with E-state index in [2.05, 4.69) is 15.2 Å². The van der Waals surface area contributed by atoms with Gasteiger partial charge < -0.3 is 15.0 Å². The Kier molecular flexibility index (Phi) is 5.31. The zero-order valence-corrected chi connectivity index (χ0v) is 14.0. The number of aromatic nitrogens is 1. The molecule has 5 heteroatoms. The van der Waals surface area contributed by atoms with Crippen LogP contribution in [0.4, 0.5) is 11.5 Å². The van der Waals surface area contributed by atoms with Gasteiger partial charge in [0.25, 0.3) is 0 Å². The molecule has 1 fully saturated rings. The van der Waals surface area contributed by atoms with Gasteiger partial charge in [0.1, 0.15) is 11.6 Å². The lowest BCUT2D eigenvalue weighted by Crippen LogP contribution is -2.18. The maximum atomic E-state index is 12.1. The van der Waals surface area contributed by atoms with Gasteiger partial charge in [0.05, 0.1) is 24.9 Å². The van der Waals surface area contributed by atoms with Gasteiger partial charge in [0.2, 0.25) is 5.91 Å². The molecule has 0 radical (unpaired) electrons. The Morgan fingerprint density at radius 2 is 1.92 bits per heavy atom. The van der Waals surface area contributed by atoms with E-state index >= 15 is 0 Å². The summed E-state index contributed by atoms with van der Waals surface area (Å²) < 4.78 is 5.40. The molecule has 2 aromatic rings. The van der Waals surface area contributed by atoms with Gasteiger partial charge in [-0.05, 0) is 49.6 Å². The first kappa shape index (κ1) is 16.3. The molecule has 0 atom stereocenters. The van der Waals surface area contributed by atoms with Crippen LogP contribution in [0, 0.1) is 0 Å². The molecule has 0 bridgehead atoms. The normalized spacial score (nSPS) is 13.8. The van der Waals surface area contributed by atoms with Gasteiger partial charge in [-0.3, -0.25) is 4.79 Å². The van der Waals surface area contributed by atoms with Crippen LogP contribution >= 0.6 is 0 Å². The van der Waals surface area contributed by atoms with Crippen molar-refractivity contribution in [3.63, 3.8) is 0 Å². The first-order chi connectivity index (χ1) is 11.7. The summed E-state index contributed by atoms with van der Waals surface area (Å²) in [5.74, 6) is 1.34. The second kappa shape index (κ2) is 7.81. The summed E-state index contributed by atoms with van der Waals surface area (Å²) in [5, 5.41) is 2.85. The monoisotopic (exact) mass is 325 g/mol. The average molecular weight is 325 g/mol. The number of amides is 1. The summed E-state index contributed by atoms with van der Waals surface area (Å²) in [7, 11) is 0. The molecule has 2 heterocycles. The molecule has 1 saturated heterocycles. The van der Waals surface area contributed by atoms with Crippen molar-refractivity contribution in [2.45, 2.75) is 26.2 Å². The minimum absolute atomic E-state index is 0.0689. The second-order valence-electron chi connectivity index (χ2n) is 5.90. The Morgan fingerprint density at radius 1 is 1.17 bits per heavy atom. The Balaban J connectivity index is 1.54. The molecular formula is C19H23N3O2. The number of anilines is 2. The van der Waals surface area contributed by atoms with Gasteiger partial charge in [0.15, 0.2) is 0 Å². The van der Waals surface area contributed by atoms with E-state index in [1.165, 1.54) is 12.8 Å². The predicted molar refractivity (Wildman–Crippen MR) is 95.6 cm³/mol. The molecule has 0 unspecified atom stereocenters. The van der Waals surface area contributed by atoms with E-state index in [0.717, 1.165) is 30.1 Å². The largest absolute Gasteiger partial charge is 0.494 e. The van der Waals surface area contributed by atoms with Crippen LogP contribution in [0.25, 0.3) is 0 Å². The fourth-order valence-corrected chi connectivity index (χ4v) is 2.87. The van der Waals surface area contributed by atoms with Crippen molar-refractivity contribution in [1.82, 2.24) is 4.98 Å². The van der Waals surface area contributed by atoms with Crippen molar-refractivity contribution in [3.8, 4) is 5.75 Å². The molecule has 1 amide bonds. The highest BCUT2D eigenvalue weighted by molar-refractivity contribution is 5.91. The number of nitrogens with one attached hydrogen (secondary N) is 1. The molecule has 3 rings (SSSR count). The molecule has 0 aliphatic carbocycles. The molecule has 24 heavy (non-hydrogen) atoms. The number of hydrogen-bond acceptors (Lipinski definition) is 4. The summed E-state index contributed by atoms with van der Waals surface area (Å²) in [5.41, 5.74) is 2.07. The zero-order valence-electron chi connectivity index (χ0n) is 14.0. The summed E-state index contributed by atoms with van der Waals surface area (Å²) in [6.45, 7) is 4.76. The van der Waals surface area contributed by atoms with Crippen molar-refractivity contribution >= 4 is 17.4 Å². The minimum atomic E-state index is -0.0689. The predicted octanol–water partition coefficient (Wildman–Crippen LogP) is 3.26. The van der Waals surface area contributed by atoms with Gasteiger partial charge in [-0.25, -0.2) is 4.98 Å². The van der Waals surface area contributed by atoms with Crippen LogP contribution in [0.2, 0.25) is 0 Å². The lowest BCUT2D eigenvalue weighted by atomic mass is 10.1. The minimum Gasteiger partial charge on any atom is -0.494 e. The van der Waals surface area contributed by atoms with Crippen LogP contribution in [0.5, 0.6) is 5.75 Å². The second-order valence-corrected chi connectivity index (χ2v) is 5.90. The zero-order chi connectivity index (χ0) is 16.8.